The monoisotopic (exact) mass is 345 g/mol. The van der Waals surface area contributed by atoms with E-state index in [0.717, 1.165) is 0 Å². The van der Waals surface area contributed by atoms with Crippen molar-refractivity contribution in [3.05, 3.63) is 47.4 Å². The van der Waals surface area contributed by atoms with Gasteiger partial charge in [0.05, 0.1) is 12.2 Å². The van der Waals surface area contributed by atoms with E-state index in [1.54, 1.807) is 24.4 Å². The van der Waals surface area contributed by atoms with Gasteiger partial charge in [0.1, 0.15) is 5.15 Å². The molecule has 0 spiro atoms. The van der Waals surface area contributed by atoms with E-state index in [0.29, 0.717) is 34.8 Å². The highest BCUT2D eigenvalue weighted by molar-refractivity contribution is 6.29. The van der Waals surface area contributed by atoms with E-state index in [1.165, 1.54) is 38.3 Å². The lowest BCUT2D eigenvalue weighted by Crippen LogP contribution is -2.17. The van der Waals surface area contributed by atoms with Gasteiger partial charge in [-0.05, 0) is 43.0 Å². The number of anilines is 1. The van der Waals surface area contributed by atoms with E-state index >= 15 is 0 Å². The molecule has 126 valence electrons. The lowest BCUT2D eigenvalue weighted by Gasteiger charge is -2.22. The predicted octanol–water partition coefficient (Wildman–Crippen LogP) is 4.34. The van der Waals surface area contributed by atoms with Gasteiger partial charge < -0.3 is 10.1 Å². The smallest absolute Gasteiger partial charge is 0.258 e. The molecule has 1 saturated carbocycles. The molecule has 24 heavy (non-hydrogen) atoms. The van der Waals surface area contributed by atoms with Crippen molar-refractivity contribution >= 4 is 23.3 Å². The second-order valence-electron chi connectivity index (χ2n) is 5.99. The van der Waals surface area contributed by atoms with Crippen LogP contribution < -0.4 is 10.1 Å². The van der Waals surface area contributed by atoms with E-state index in [1.807, 2.05) is 6.07 Å². The summed E-state index contributed by atoms with van der Waals surface area (Å²) in [6.45, 7) is 0.664. The Kier molecular flexibility index (Phi) is 5.64. The van der Waals surface area contributed by atoms with Crippen molar-refractivity contribution in [2.45, 2.75) is 32.1 Å². The Morgan fingerprint density at radius 1 is 1.21 bits per heavy atom. The number of hydrogen-bond acceptors (Lipinski definition) is 4. The van der Waals surface area contributed by atoms with Gasteiger partial charge in [-0.15, -0.1) is 0 Å². The summed E-state index contributed by atoms with van der Waals surface area (Å²) in [5.74, 6) is 1.31. The molecular weight excluding hydrogens is 326 g/mol. The van der Waals surface area contributed by atoms with Crippen LogP contribution in [0, 0.1) is 5.92 Å². The van der Waals surface area contributed by atoms with Crippen LogP contribution in [0.15, 0.2) is 36.7 Å². The van der Waals surface area contributed by atoms with Gasteiger partial charge in [0.15, 0.2) is 11.6 Å². The first-order valence-corrected chi connectivity index (χ1v) is 8.61. The van der Waals surface area contributed by atoms with Gasteiger partial charge in [0.2, 0.25) is 0 Å². The molecule has 2 heterocycles. The van der Waals surface area contributed by atoms with Crippen LogP contribution in [0.5, 0.6) is 5.75 Å². The minimum Gasteiger partial charge on any atom is -0.489 e. The molecule has 2 aromatic heterocycles. The standard InChI is InChI=1S/C18H20ClN3O2/c19-16-9-8-14(11-21-16)18(23)22-17-15(7-4-10-20-17)24-12-13-5-2-1-3-6-13/h4,7-11,13H,1-3,5-6,12H2,(H,20,22,23). The minimum atomic E-state index is -0.291. The number of nitrogens with one attached hydrogen (secondary N) is 1. The number of amides is 1. The summed E-state index contributed by atoms with van der Waals surface area (Å²) in [6.07, 6.45) is 9.34. The second-order valence-corrected chi connectivity index (χ2v) is 6.38. The van der Waals surface area contributed by atoms with Crippen molar-refractivity contribution in [2.75, 3.05) is 11.9 Å². The molecule has 1 aliphatic carbocycles. The third-order valence-electron chi connectivity index (χ3n) is 4.19. The maximum Gasteiger partial charge on any atom is 0.258 e. The molecule has 0 atom stereocenters. The largest absolute Gasteiger partial charge is 0.489 e. The second kappa shape index (κ2) is 8.11. The average Bonchev–Trinajstić information content (AvgIpc) is 2.62. The quantitative estimate of drug-likeness (QED) is 0.818. The van der Waals surface area contributed by atoms with Crippen molar-refractivity contribution in [3.63, 3.8) is 0 Å². The lowest BCUT2D eigenvalue weighted by atomic mass is 9.90. The topological polar surface area (TPSA) is 64.1 Å². The fourth-order valence-corrected chi connectivity index (χ4v) is 2.96. The van der Waals surface area contributed by atoms with E-state index in [9.17, 15) is 4.79 Å². The van der Waals surface area contributed by atoms with Crippen molar-refractivity contribution < 1.29 is 9.53 Å². The first kappa shape index (κ1) is 16.7. The molecule has 0 unspecified atom stereocenters. The third kappa shape index (κ3) is 4.45. The molecule has 0 aliphatic heterocycles. The number of carbonyl (C=O) groups is 1. The number of nitrogens with zero attached hydrogens (tertiary/aromatic N) is 2. The molecule has 0 radical (unpaired) electrons. The molecule has 2 aromatic rings. The van der Waals surface area contributed by atoms with Crippen LogP contribution in [0.4, 0.5) is 5.82 Å². The molecule has 1 aliphatic rings. The van der Waals surface area contributed by atoms with Crippen LogP contribution in [-0.2, 0) is 0 Å². The summed E-state index contributed by atoms with van der Waals surface area (Å²) in [6, 6.07) is 6.83. The van der Waals surface area contributed by atoms with Gasteiger partial charge >= 0.3 is 0 Å². The van der Waals surface area contributed by atoms with Gasteiger partial charge in [-0.2, -0.15) is 0 Å². The van der Waals surface area contributed by atoms with Gasteiger partial charge in [-0.25, -0.2) is 9.97 Å². The highest BCUT2D eigenvalue weighted by Crippen LogP contribution is 2.27. The van der Waals surface area contributed by atoms with Crippen LogP contribution in [0.25, 0.3) is 0 Å². The Balaban J connectivity index is 1.64. The first-order valence-electron chi connectivity index (χ1n) is 8.23. The minimum absolute atomic E-state index is 0.291. The van der Waals surface area contributed by atoms with Crippen LogP contribution in [0.2, 0.25) is 5.15 Å². The highest BCUT2D eigenvalue weighted by Gasteiger charge is 2.16. The summed E-state index contributed by atoms with van der Waals surface area (Å²) in [7, 11) is 0. The average molecular weight is 346 g/mol. The molecule has 1 amide bonds. The maximum absolute atomic E-state index is 12.3. The number of aromatic nitrogens is 2. The van der Waals surface area contributed by atoms with Gasteiger partial charge in [-0.3, -0.25) is 4.79 Å². The molecule has 0 aromatic carbocycles. The molecular formula is C18H20ClN3O2. The highest BCUT2D eigenvalue weighted by atomic mass is 35.5. The van der Waals surface area contributed by atoms with Crippen molar-refractivity contribution in [1.29, 1.82) is 0 Å². The summed E-state index contributed by atoms with van der Waals surface area (Å²) in [5, 5.41) is 3.12. The summed E-state index contributed by atoms with van der Waals surface area (Å²) in [4.78, 5) is 20.4. The number of ether oxygens (including phenoxy) is 1. The molecule has 1 N–H and O–H groups in total. The molecule has 3 rings (SSSR count). The van der Waals surface area contributed by atoms with Crippen LogP contribution >= 0.6 is 11.6 Å². The number of pyridine rings is 2. The van der Waals surface area contributed by atoms with Crippen LogP contribution in [-0.4, -0.2) is 22.5 Å². The number of rotatable bonds is 5. The maximum atomic E-state index is 12.3. The van der Waals surface area contributed by atoms with Crippen molar-refractivity contribution in [3.8, 4) is 5.75 Å². The van der Waals surface area contributed by atoms with Crippen LogP contribution in [0.1, 0.15) is 42.5 Å². The van der Waals surface area contributed by atoms with E-state index < -0.39 is 0 Å². The van der Waals surface area contributed by atoms with E-state index in [4.69, 9.17) is 16.3 Å². The van der Waals surface area contributed by atoms with Gasteiger partial charge in [0, 0.05) is 12.4 Å². The Bertz CT molecular complexity index is 685. The number of hydrogen-bond donors (Lipinski definition) is 1. The molecule has 6 heteroatoms. The molecule has 0 saturated heterocycles. The van der Waals surface area contributed by atoms with Crippen molar-refractivity contribution in [1.82, 2.24) is 9.97 Å². The van der Waals surface area contributed by atoms with Gasteiger partial charge in [-0.1, -0.05) is 30.9 Å². The third-order valence-corrected chi connectivity index (χ3v) is 4.42. The zero-order chi connectivity index (χ0) is 16.8. The molecule has 5 nitrogen and oxygen atoms in total. The Labute approximate surface area is 146 Å². The first-order chi connectivity index (χ1) is 11.7. The normalized spacial score (nSPS) is 15.0. The predicted molar refractivity (Wildman–Crippen MR) is 93.5 cm³/mol. The number of halogens is 1. The fraction of sp³-hybridized carbons (Fsp3) is 0.389. The zero-order valence-corrected chi connectivity index (χ0v) is 14.1. The summed E-state index contributed by atoms with van der Waals surface area (Å²) >= 11 is 5.74. The SMILES string of the molecule is O=C(Nc1ncccc1OCC1CCCCC1)c1ccc(Cl)nc1. The van der Waals surface area contributed by atoms with E-state index in [2.05, 4.69) is 15.3 Å². The van der Waals surface area contributed by atoms with E-state index in [-0.39, 0.29) is 5.91 Å². The Morgan fingerprint density at radius 2 is 2.04 bits per heavy atom. The molecule has 1 fully saturated rings. The fourth-order valence-electron chi connectivity index (χ4n) is 2.85. The number of carbonyl (C=O) groups excluding carboxylic acids is 1. The van der Waals surface area contributed by atoms with Gasteiger partial charge in [0.25, 0.3) is 5.91 Å². The van der Waals surface area contributed by atoms with Crippen molar-refractivity contribution in [2.24, 2.45) is 5.92 Å². The zero-order valence-electron chi connectivity index (χ0n) is 13.4. The Morgan fingerprint density at radius 3 is 2.79 bits per heavy atom. The Hall–Kier alpha value is -2.14. The van der Waals surface area contributed by atoms with Crippen LogP contribution in [0.3, 0.4) is 0 Å². The summed E-state index contributed by atoms with van der Waals surface area (Å²) in [5.41, 5.74) is 0.420. The summed E-state index contributed by atoms with van der Waals surface area (Å²) < 4.78 is 5.92. The molecule has 0 bridgehead atoms. The lowest BCUT2D eigenvalue weighted by molar-refractivity contribution is 0.102.